The van der Waals surface area contributed by atoms with Crippen LogP contribution in [0.1, 0.15) is 21.5 Å². The highest BCUT2D eigenvalue weighted by atomic mass is 19.1. The lowest BCUT2D eigenvalue weighted by Crippen LogP contribution is -2.14. The van der Waals surface area contributed by atoms with Crippen molar-refractivity contribution in [3.63, 3.8) is 0 Å². The predicted molar refractivity (Wildman–Crippen MR) is 74.6 cm³/mol. The SMILES string of the molecule is NC(=O)c1cc(NCc2ccc(CO)cc2)c(F)cc1F. The lowest BCUT2D eigenvalue weighted by Gasteiger charge is -2.10. The van der Waals surface area contributed by atoms with Crippen molar-refractivity contribution in [2.24, 2.45) is 5.73 Å². The van der Waals surface area contributed by atoms with E-state index in [-0.39, 0.29) is 24.4 Å². The van der Waals surface area contributed by atoms with Crippen LogP contribution in [-0.4, -0.2) is 11.0 Å². The number of amides is 1. The van der Waals surface area contributed by atoms with Crippen molar-refractivity contribution >= 4 is 11.6 Å². The predicted octanol–water partition coefficient (Wildman–Crippen LogP) is 2.17. The third kappa shape index (κ3) is 3.55. The zero-order chi connectivity index (χ0) is 15.4. The van der Waals surface area contributed by atoms with Gasteiger partial charge in [-0.2, -0.15) is 0 Å². The average molecular weight is 292 g/mol. The molecular formula is C15H14F2N2O2. The smallest absolute Gasteiger partial charge is 0.251 e. The van der Waals surface area contributed by atoms with Gasteiger partial charge in [0.05, 0.1) is 17.9 Å². The van der Waals surface area contributed by atoms with E-state index in [9.17, 15) is 13.6 Å². The molecule has 2 aromatic rings. The maximum absolute atomic E-state index is 13.6. The minimum Gasteiger partial charge on any atom is -0.392 e. The first kappa shape index (κ1) is 14.9. The molecule has 21 heavy (non-hydrogen) atoms. The van der Waals surface area contributed by atoms with Gasteiger partial charge in [0, 0.05) is 12.6 Å². The van der Waals surface area contributed by atoms with Gasteiger partial charge in [-0.3, -0.25) is 4.79 Å². The molecule has 2 aromatic carbocycles. The van der Waals surface area contributed by atoms with E-state index in [2.05, 4.69) is 5.32 Å². The number of nitrogens with two attached hydrogens (primary N) is 1. The van der Waals surface area contributed by atoms with E-state index >= 15 is 0 Å². The fourth-order valence-corrected chi connectivity index (χ4v) is 1.83. The number of anilines is 1. The van der Waals surface area contributed by atoms with E-state index in [1.807, 2.05) is 0 Å². The Morgan fingerprint density at radius 1 is 1.10 bits per heavy atom. The van der Waals surface area contributed by atoms with Crippen molar-refractivity contribution in [3.05, 3.63) is 64.7 Å². The van der Waals surface area contributed by atoms with Gasteiger partial charge in [-0.05, 0) is 17.2 Å². The highest BCUT2D eigenvalue weighted by Crippen LogP contribution is 2.20. The minimum absolute atomic E-state index is 0.00330. The van der Waals surface area contributed by atoms with E-state index < -0.39 is 17.5 Å². The largest absolute Gasteiger partial charge is 0.392 e. The van der Waals surface area contributed by atoms with E-state index in [0.717, 1.165) is 17.2 Å². The van der Waals surface area contributed by atoms with Crippen LogP contribution in [0.5, 0.6) is 0 Å². The number of nitrogens with one attached hydrogen (secondary N) is 1. The van der Waals surface area contributed by atoms with Crippen LogP contribution in [0.3, 0.4) is 0 Å². The number of hydrogen-bond donors (Lipinski definition) is 3. The van der Waals surface area contributed by atoms with Crippen LogP contribution < -0.4 is 11.1 Å². The maximum atomic E-state index is 13.6. The molecule has 0 bridgehead atoms. The number of carbonyl (C=O) groups excluding carboxylic acids is 1. The van der Waals surface area contributed by atoms with Crippen molar-refractivity contribution in [2.75, 3.05) is 5.32 Å². The van der Waals surface area contributed by atoms with Crippen molar-refractivity contribution in [3.8, 4) is 0 Å². The Morgan fingerprint density at radius 2 is 1.71 bits per heavy atom. The minimum atomic E-state index is -0.988. The second kappa shape index (κ2) is 6.32. The first-order chi connectivity index (χ1) is 10.0. The van der Waals surface area contributed by atoms with E-state index in [1.165, 1.54) is 0 Å². The highest BCUT2D eigenvalue weighted by Gasteiger charge is 2.13. The zero-order valence-corrected chi connectivity index (χ0v) is 11.1. The van der Waals surface area contributed by atoms with Gasteiger partial charge < -0.3 is 16.2 Å². The Bertz CT molecular complexity index is 657. The molecule has 0 fully saturated rings. The molecular weight excluding hydrogens is 278 g/mol. The molecule has 0 aliphatic carbocycles. The summed E-state index contributed by atoms with van der Waals surface area (Å²) in [6, 6.07) is 8.70. The summed E-state index contributed by atoms with van der Waals surface area (Å²) in [5.41, 5.74) is 6.26. The summed E-state index contributed by atoms with van der Waals surface area (Å²) in [5, 5.41) is 11.7. The standard InChI is InChI=1S/C15H14F2N2O2/c16-12-6-13(17)14(5-11(12)15(18)21)19-7-9-1-3-10(8-20)4-2-9/h1-6,19-20H,7-8H2,(H2,18,21). The molecule has 1 amide bonds. The summed E-state index contributed by atoms with van der Waals surface area (Å²) in [5.74, 6) is -2.75. The van der Waals surface area contributed by atoms with Gasteiger partial charge in [0.2, 0.25) is 0 Å². The van der Waals surface area contributed by atoms with Gasteiger partial charge in [0.15, 0.2) is 0 Å². The third-order valence-corrected chi connectivity index (χ3v) is 3.01. The number of carbonyl (C=O) groups is 1. The molecule has 2 rings (SSSR count). The number of hydrogen-bond acceptors (Lipinski definition) is 3. The molecule has 0 aromatic heterocycles. The molecule has 4 N–H and O–H groups in total. The third-order valence-electron chi connectivity index (χ3n) is 3.01. The summed E-state index contributed by atoms with van der Waals surface area (Å²) in [6.45, 7) is 0.231. The molecule has 0 aliphatic rings. The molecule has 6 heteroatoms. The van der Waals surface area contributed by atoms with Gasteiger partial charge >= 0.3 is 0 Å². The number of aliphatic hydroxyl groups excluding tert-OH is 1. The lowest BCUT2D eigenvalue weighted by molar-refractivity contribution is 0.0996. The molecule has 0 heterocycles. The summed E-state index contributed by atoms with van der Waals surface area (Å²) in [7, 11) is 0. The van der Waals surface area contributed by atoms with Crippen LogP contribution in [0.15, 0.2) is 36.4 Å². The molecule has 0 spiro atoms. The average Bonchev–Trinajstić information content (AvgIpc) is 2.46. The molecule has 0 saturated heterocycles. The lowest BCUT2D eigenvalue weighted by atomic mass is 10.1. The summed E-state index contributed by atoms with van der Waals surface area (Å²) in [4.78, 5) is 11.0. The van der Waals surface area contributed by atoms with Gasteiger partial charge in [-0.1, -0.05) is 24.3 Å². The van der Waals surface area contributed by atoms with Crippen LogP contribution in [0, 0.1) is 11.6 Å². The van der Waals surface area contributed by atoms with Crippen LogP contribution in [0.4, 0.5) is 14.5 Å². The quantitative estimate of drug-likeness (QED) is 0.790. The molecule has 4 nitrogen and oxygen atoms in total. The number of primary amides is 1. The van der Waals surface area contributed by atoms with Gasteiger partial charge in [-0.25, -0.2) is 8.78 Å². The molecule has 0 saturated carbocycles. The number of halogens is 2. The maximum Gasteiger partial charge on any atom is 0.251 e. The molecule has 0 radical (unpaired) electrons. The van der Waals surface area contributed by atoms with Crippen LogP contribution >= 0.6 is 0 Å². The van der Waals surface area contributed by atoms with Crippen molar-refractivity contribution in [1.82, 2.24) is 0 Å². The van der Waals surface area contributed by atoms with Gasteiger partial charge in [0.25, 0.3) is 5.91 Å². The fraction of sp³-hybridized carbons (Fsp3) is 0.133. The fourth-order valence-electron chi connectivity index (χ4n) is 1.83. The van der Waals surface area contributed by atoms with Gasteiger partial charge in [-0.15, -0.1) is 0 Å². The summed E-state index contributed by atoms with van der Waals surface area (Å²) >= 11 is 0. The van der Waals surface area contributed by atoms with E-state index in [4.69, 9.17) is 10.8 Å². The van der Waals surface area contributed by atoms with Crippen molar-refractivity contribution in [2.45, 2.75) is 13.2 Å². The summed E-state index contributed by atoms with van der Waals surface area (Å²) < 4.78 is 27.0. The second-order valence-electron chi connectivity index (χ2n) is 4.50. The zero-order valence-electron chi connectivity index (χ0n) is 11.1. The van der Waals surface area contributed by atoms with Crippen LogP contribution in [0.2, 0.25) is 0 Å². The molecule has 110 valence electrons. The van der Waals surface area contributed by atoms with Crippen LogP contribution in [0.25, 0.3) is 0 Å². The van der Waals surface area contributed by atoms with E-state index in [0.29, 0.717) is 6.07 Å². The second-order valence-corrected chi connectivity index (χ2v) is 4.50. The number of rotatable bonds is 5. The molecule has 0 atom stereocenters. The Balaban J connectivity index is 2.15. The number of aliphatic hydroxyl groups is 1. The van der Waals surface area contributed by atoms with Crippen molar-refractivity contribution < 1.29 is 18.7 Å². The molecule has 0 unspecified atom stereocenters. The monoisotopic (exact) mass is 292 g/mol. The Morgan fingerprint density at radius 3 is 2.29 bits per heavy atom. The first-order valence-electron chi connectivity index (χ1n) is 6.22. The molecule has 0 aliphatic heterocycles. The Kier molecular flexibility index (Phi) is 4.49. The van der Waals surface area contributed by atoms with Crippen LogP contribution in [-0.2, 0) is 13.2 Å². The number of benzene rings is 2. The first-order valence-corrected chi connectivity index (χ1v) is 6.22. The highest BCUT2D eigenvalue weighted by molar-refractivity contribution is 5.94. The summed E-state index contributed by atoms with van der Waals surface area (Å²) in [6.07, 6.45) is 0. The van der Waals surface area contributed by atoms with Crippen molar-refractivity contribution in [1.29, 1.82) is 0 Å². The van der Waals surface area contributed by atoms with Gasteiger partial charge in [0.1, 0.15) is 11.6 Å². The Labute approximate surface area is 120 Å². The Hall–Kier alpha value is -2.47. The van der Waals surface area contributed by atoms with E-state index in [1.54, 1.807) is 24.3 Å². The topological polar surface area (TPSA) is 75.4 Å². The normalized spacial score (nSPS) is 10.4.